The number of nitrogens with one attached hydrogen (secondary N) is 2. The van der Waals surface area contributed by atoms with E-state index in [1.54, 1.807) is 12.1 Å². The molecule has 0 spiro atoms. The summed E-state index contributed by atoms with van der Waals surface area (Å²) in [6.45, 7) is 5.68. The first kappa shape index (κ1) is 31.6. The quantitative estimate of drug-likeness (QED) is 0.450. The van der Waals surface area contributed by atoms with Gasteiger partial charge in [-0.3, -0.25) is 14.5 Å². The third-order valence-corrected chi connectivity index (χ3v) is 11.1. The fraction of sp³-hybridized carbons (Fsp3) is 0.613. The predicted octanol–water partition coefficient (Wildman–Crippen LogP) is 5.27. The van der Waals surface area contributed by atoms with Crippen molar-refractivity contribution >= 4 is 39.3 Å². The van der Waals surface area contributed by atoms with Crippen molar-refractivity contribution in [1.82, 2.24) is 14.7 Å². The van der Waals surface area contributed by atoms with Crippen molar-refractivity contribution in [1.29, 1.82) is 0 Å². The molecule has 2 atom stereocenters. The number of hydrogen-bond acceptors (Lipinski definition) is 8. The third-order valence-electron chi connectivity index (χ3n) is 9.90. The molecule has 2 aromatic rings. The molecule has 10 nitrogen and oxygen atoms in total. The molecule has 2 N–H and O–H groups in total. The second-order valence-corrected chi connectivity index (χ2v) is 15.2. The number of hydrogen-bond donors (Lipinski definition) is 2. The molecule has 244 valence electrons. The van der Waals surface area contributed by atoms with Crippen LogP contribution in [0.4, 0.5) is 30.6 Å². The van der Waals surface area contributed by atoms with Crippen LogP contribution in [0, 0.1) is 17.3 Å². The van der Waals surface area contributed by atoms with E-state index in [2.05, 4.69) is 28.9 Å². The molecule has 4 aliphatic rings. The summed E-state index contributed by atoms with van der Waals surface area (Å²) < 4.78 is 68.7. The van der Waals surface area contributed by atoms with Crippen LogP contribution in [0.3, 0.4) is 0 Å². The number of pyridine rings is 2. The summed E-state index contributed by atoms with van der Waals surface area (Å²) in [5.41, 5.74) is -1.93. The van der Waals surface area contributed by atoms with Crippen LogP contribution < -0.4 is 19.8 Å². The van der Waals surface area contributed by atoms with Gasteiger partial charge in [0.25, 0.3) is 15.9 Å². The maximum Gasteiger partial charge on any atom is 0.394 e. The van der Waals surface area contributed by atoms with E-state index in [9.17, 15) is 31.2 Å². The molecule has 3 aliphatic heterocycles. The molecule has 3 fully saturated rings. The van der Waals surface area contributed by atoms with Gasteiger partial charge in [-0.2, -0.15) is 21.6 Å². The van der Waals surface area contributed by atoms with Gasteiger partial charge < -0.3 is 10.2 Å². The minimum atomic E-state index is -4.31. The summed E-state index contributed by atoms with van der Waals surface area (Å²) in [5.74, 6) is -0.127. The SMILES string of the molecule is CC1(C)C[C@@H]2CCCNc3cccc(n3)S(=O)(=O)NC(=O)c3ccc(N4CCC(CCCC5(C(F)(F)F)CC5)C4=O)nc3N1C2. The van der Waals surface area contributed by atoms with E-state index in [4.69, 9.17) is 4.98 Å². The van der Waals surface area contributed by atoms with Crippen molar-refractivity contribution in [2.24, 2.45) is 17.3 Å². The average Bonchev–Trinajstić information content (AvgIpc) is 3.60. The second kappa shape index (κ2) is 11.4. The van der Waals surface area contributed by atoms with Crippen molar-refractivity contribution in [3.8, 4) is 0 Å². The number of carbonyl (C=O) groups is 2. The van der Waals surface area contributed by atoms with Crippen LogP contribution in [0.25, 0.3) is 0 Å². The number of rotatable bonds is 5. The number of carbonyl (C=O) groups excluding carboxylic acids is 2. The Bertz CT molecular complexity index is 1590. The van der Waals surface area contributed by atoms with Crippen LogP contribution in [0.5, 0.6) is 0 Å². The van der Waals surface area contributed by atoms with Crippen molar-refractivity contribution in [2.75, 3.05) is 34.8 Å². The molecule has 45 heavy (non-hydrogen) atoms. The first-order chi connectivity index (χ1) is 21.2. The molecule has 2 saturated heterocycles. The molecule has 2 aromatic heterocycles. The zero-order valence-electron chi connectivity index (χ0n) is 25.5. The fourth-order valence-corrected chi connectivity index (χ4v) is 8.11. The van der Waals surface area contributed by atoms with Gasteiger partial charge in [0.2, 0.25) is 5.91 Å². The average molecular weight is 649 g/mol. The predicted molar refractivity (Wildman–Crippen MR) is 162 cm³/mol. The van der Waals surface area contributed by atoms with Crippen LogP contribution >= 0.6 is 0 Å². The van der Waals surface area contributed by atoms with Gasteiger partial charge in [0.1, 0.15) is 17.5 Å². The Kier molecular flexibility index (Phi) is 8.02. The van der Waals surface area contributed by atoms with E-state index in [0.29, 0.717) is 62.3 Å². The molecule has 1 aliphatic carbocycles. The minimum Gasteiger partial charge on any atom is -0.370 e. The standard InChI is InChI=1S/C31H39F3N6O4S/c1-29(2)18-20-6-5-16-35-23-8-3-9-25(36-23)45(43,44)38-27(41)22-10-11-24(37-26(22)40(29)19-20)39-17-12-21(28(39)42)7-4-13-30(14-15-30)31(32,33)34/h3,8-11,20-21H,4-7,12-19H2,1-2H3,(H,35,36)(H,38,41)/t20-,21?/m0/s1. The highest BCUT2D eigenvalue weighted by molar-refractivity contribution is 7.90. The van der Waals surface area contributed by atoms with E-state index in [0.717, 1.165) is 19.3 Å². The lowest BCUT2D eigenvalue weighted by molar-refractivity contribution is -0.189. The van der Waals surface area contributed by atoms with Crippen molar-refractivity contribution in [3.63, 3.8) is 0 Å². The Hall–Kier alpha value is -3.42. The summed E-state index contributed by atoms with van der Waals surface area (Å²) in [4.78, 5) is 39.6. The Morgan fingerprint density at radius 2 is 1.84 bits per heavy atom. The maximum absolute atomic E-state index is 13.6. The first-order valence-corrected chi connectivity index (χ1v) is 17.1. The van der Waals surface area contributed by atoms with E-state index in [-0.39, 0.29) is 35.8 Å². The first-order valence-electron chi connectivity index (χ1n) is 15.6. The number of anilines is 3. The van der Waals surface area contributed by atoms with E-state index in [1.165, 1.54) is 23.1 Å². The fourth-order valence-electron chi connectivity index (χ4n) is 7.17. The van der Waals surface area contributed by atoms with Crippen LogP contribution in [-0.4, -0.2) is 61.5 Å². The third kappa shape index (κ3) is 6.22. The van der Waals surface area contributed by atoms with E-state index >= 15 is 0 Å². The molecule has 1 saturated carbocycles. The Morgan fingerprint density at radius 1 is 1.07 bits per heavy atom. The van der Waals surface area contributed by atoms with Crippen LogP contribution in [0.15, 0.2) is 35.4 Å². The molecule has 5 heterocycles. The van der Waals surface area contributed by atoms with Crippen LogP contribution in [0.2, 0.25) is 0 Å². The molecule has 6 rings (SSSR count). The summed E-state index contributed by atoms with van der Waals surface area (Å²) in [6, 6.07) is 7.59. The van der Waals surface area contributed by atoms with Crippen LogP contribution in [-0.2, 0) is 14.8 Å². The number of nitrogens with zero attached hydrogens (tertiary/aromatic N) is 4. The molecular formula is C31H39F3N6O4S. The van der Waals surface area contributed by atoms with Gasteiger partial charge in [0.15, 0.2) is 5.03 Å². The number of amides is 2. The number of sulfonamides is 1. The van der Waals surface area contributed by atoms with Gasteiger partial charge in [0.05, 0.1) is 11.0 Å². The van der Waals surface area contributed by atoms with Gasteiger partial charge >= 0.3 is 6.18 Å². The zero-order chi connectivity index (χ0) is 32.2. The van der Waals surface area contributed by atoms with Crippen LogP contribution in [0.1, 0.15) is 82.0 Å². The number of halogens is 3. The summed E-state index contributed by atoms with van der Waals surface area (Å²) in [7, 11) is -4.31. The molecule has 0 radical (unpaired) electrons. The van der Waals surface area contributed by atoms with Gasteiger partial charge in [0, 0.05) is 31.1 Å². The smallest absolute Gasteiger partial charge is 0.370 e. The number of aromatic nitrogens is 2. The maximum atomic E-state index is 13.6. The largest absolute Gasteiger partial charge is 0.394 e. The number of fused-ring (bicyclic) bond motifs is 6. The van der Waals surface area contributed by atoms with Gasteiger partial charge in [-0.1, -0.05) is 12.5 Å². The number of alkyl halides is 3. The lowest BCUT2D eigenvalue weighted by Crippen LogP contribution is -2.41. The lowest BCUT2D eigenvalue weighted by atomic mass is 9.93. The van der Waals surface area contributed by atoms with Gasteiger partial charge in [-0.05, 0) is 95.4 Å². The molecule has 2 amide bonds. The topological polar surface area (TPSA) is 125 Å². The summed E-state index contributed by atoms with van der Waals surface area (Å²) in [5, 5.41) is 2.88. The molecular weight excluding hydrogens is 609 g/mol. The van der Waals surface area contributed by atoms with Crippen molar-refractivity contribution in [2.45, 2.75) is 88.4 Å². The normalized spacial score (nSPS) is 25.5. The highest BCUT2D eigenvalue weighted by Gasteiger charge is 2.62. The Balaban J connectivity index is 1.27. The summed E-state index contributed by atoms with van der Waals surface area (Å²) >= 11 is 0. The van der Waals surface area contributed by atoms with Crippen molar-refractivity contribution < 1.29 is 31.2 Å². The molecule has 1 unspecified atom stereocenters. The highest BCUT2D eigenvalue weighted by Crippen LogP contribution is 2.60. The minimum absolute atomic E-state index is 0.0382. The Labute approximate surface area is 261 Å². The second-order valence-electron chi connectivity index (χ2n) is 13.5. The molecule has 0 aromatic carbocycles. The van der Waals surface area contributed by atoms with Crippen molar-refractivity contribution in [3.05, 3.63) is 35.9 Å². The lowest BCUT2D eigenvalue weighted by Gasteiger charge is -2.34. The van der Waals surface area contributed by atoms with Gasteiger partial charge in [-0.25, -0.2) is 14.7 Å². The van der Waals surface area contributed by atoms with Gasteiger partial charge in [-0.15, -0.1) is 0 Å². The van der Waals surface area contributed by atoms with E-state index < -0.39 is 39.0 Å². The summed E-state index contributed by atoms with van der Waals surface area (Å²) in [6.07, 6.45) is -0.0877. The Morgan fingerprint density at radius 3 is 2.58 bits per heavy atom. The monoisotopic (exact) mass is 648 g/mol. The molecule has 14 heteroatoms. The van der Waals surface area contributed by atoms with E-state index in [1.807, 2.05) is 4.90 Å². The highest BCUT2D eigenvalue weighted by atomic mass is 32.2. The zero-order valence-corrected chi connectivity index (χ0v) is 26.3. The molecule has 4 bridgehead atoms.